The van der Waals surface area contributed by atoms with Crippen LogP contribution >= 0.6 is 36.4 Å². The van der Waals surface area contributed by atoms with Gasteiger partial charge in [0.25, 0.3) is 0 Å². The van der Waals surface area contributed by atoms with E-state index in [1.165, 1.54) is 43.1 Å². The fraction of sp³-hybridized carbons (Fsp3) is 0.550. The van der Waals surface area contributed by atoms with Gasteiger partial charge in [0.1, 0.15) is 5.15 Å². The molecule has 0 unspecified atom stereocenters. The molecule has 0 amide bonds. The van der Waals surface area contributed by atoms with E-state index in [4.69, 9.17) is 16.6 Å². The van der Waals surface area contributed by atoms with Gasteiger partial charge in [-0.15, -0.1) is 24.8 Å². The van der Waals surface area contributed by atoms with Gasteiger partial charge in [0.05, 0.1) is 5.52 Å². The highest BCUT2D eigenvalue weighted by atomic mass is 35.5. The van der Waals surface area contributed by atoms with Crippen LogP contribution in [0.5, 0.6) is 0 Å². The SMILES string of the molecule is Cl.Cl.Clc1nc2ccccc2cc1[C@@H](C1CCCCC1)N1CCNCC1. The molecule has 1 aliphatic carbocycles. The zero-order valence-corrected chi connectivity index (χ0v) is 17.4. The molecule has 26 heavy (non-hydrogen) atoms. The van der Waals surface area contributed by atoms with Gasteiger partial charge in [0.15, 0.2) is 0 Å². The lowest BCUT2D eigenvalue weighted by molar-refractivity contribution is 0.103. The molecule has 6 heteroatoms. The first-order valence-electron chi connectivity index (χ1n) is 9.33. The van der Waals surface area contributed by atoms with E-state index in [0.717, 1.165) is 31.7 Å². The van der Waals surface area contributed by atoms with Crippen LogP contribution in [0.2, 0.25) is 5.15 Å². The Balaban J connectivity index is 0.00000121. The number of aromatic nitrogens is 1. The van der Waals surface area contributed by atoms with Crippen molar-refractivity contribution in [2.75, 3.05) is 26.2 Å². The minimum atomic E-state index is 0. The Hall–Kier alpha value is -0.580. The molecule has 1 atom stereocenters. The number of rotatable bonds is 3. The van der Waals surface area contributed by atoms with Crippen LogP contribution in [0.25, 0.3) is 10.9 Å². The van der Waals surface area contributed by atoms with Gasteiger partial charge in [0.2, 0.25) is 0 Å². The number of halogens is 3. The number of hydrogen-bond acceptors (Lipinski definition) is 3. The van der Waals surface area contributed by atoms with E-state index >= 15 is 0 Å². The smallest absolute Gasteiger partial charge is 0.134 e. The summed E-state index contributed by atoms with van der Waals surface area (Å²) in [6, 6.07) is 11.0. The van der Waals surface area contributed by atoms with Crippen molar-refractivity contribution in [3.63, 3.8) is 0 Å². The second kappa shape index (κ2) is 10.1. The summed E-state index contributed by atoms with van der Waals surface area (Å²) in [6.07, 6.45) is 6.72. The fourth-order valence-corrected chi connectivity index (χ4v) is 4.73. The van der Waals surface area contributed by atoms with Crippen molar-refractivity contribution in [3.05, 3.63) is 41.0 Å². The molecule has 0 radical (unpaired) electrons. The highest BCUT2D eigenvalue weighted by Gasteiger charge is 2.32. The van der Waals surface area contributed by atoms with Gasteiger partial charge < -0.3 is 5.32 Å². The summed E-state index contributed by atoms with van der Waals surface area (Å²) in [5, 5.41) is 5.38. The minimum Gasteiger partial charge on any atom is -0.314 e. The largest absolute Gasteiger partial charge is 0.314 e. The second-order valence-electron chi connectivity index (χ2n) is 7.19. The van der Waals surface area contributed by atoms with Crippen LogP contribution in [0.4, 0.5) is 0 Å². The maximum absolute atomic E-state index is 6.68. The standard InChI is InChI=1S/C20H26ClN3.2ClH/c21-20-17(14-16-8-4-5-9-18(16)23-20)19(15-6-2-1-3-7-15)24-12-10-22-11-13-24;;/h4-5,8-9,14-15,19,22H,1-3,6-7,10-13H2;2*1H/t19-;;/m1../s1. The molecule has 3 nitrogen and oxygen atoms in total. The molecule has 1 aromatic carbocycles. The van der Waals surface area contributed by atoms with E-state index in [9.17, 15) is 0 Å². The van der Waals surface area contributed by atoms with Crippen molar-refractivity contribution in [3.8, 4) is 0 Å². The summed E-state index contributed by atoms with van der Waals surface area (Å²) < 4.78 is 0. The predicted molar refractivity (Wildman–Crippen MR) is 115 cm³/mol. The summed E-state index contributed by atoms with van der Waals surface area (Å²) in [5.41, 5.74) is 2.23. The molecular weight excluding hydrogens is 389 g/mol. The number of benzene rings is 1. The van der Waals surface area contributed by atoms with Crippen LogP contribution in [-0.4, -0.2) is 36.1 Å². The van der Waals surface area contributed by atoms with E-state index in [1.807, 2.05) is 12.1 Å². The molecular formula is C20H28Cl3N3. The number of para-hydroxylation sites is 1. The average Bonchev–Trinajstić information content (AvgIpc) is 2.64. The van der Waals surface area contributed by atoms with E-state index in [2.05, 4.69) is 28.4 Å². The number of pyridine rings is 1. The van der Waals surface area contributed by atoms with Crippen LogP contribution in [-0.2, 0) is 0 Å². The van der Waals surface area contributed by atoms with Crippen molar-refractivity contribution in [2.24, 2.45) is 5.92 Å². The minimum absolute atomic E-state index is 0. The first-order valence-corrected chi connectivity index (χ1v) is 9.71. The summed E-state index contributed by atoms with van der Waals surface area (Å²) in [4.78, 5) is 7.35. The normalized spacial score (nSPS) is 20.2. The predicted octanol–water partition coefficient (Wildman–Crippen LogP) is 5.26. The monoisotopic (exact) mass is 415 g/mol. The lowest BCUT2D eigenvalue weighted by Crippen LogP contribution is -2.47. The summed E-state index contributed by atoms with van der Waals surface area (Å²) in [5.74, 6) is 0.706. The maximum atomic E-state index is 6.68. The Morgan fingerprint density at radius 3 is 2.46 bits per heavy atom. The van der Waals surface area contributed by atoms with Crippen molar-refractivity contribution in [2.45, 2.75) is 38.1 Å². The molecule has 2 aliphatic rings. The topological polar surface area (TPSA) is 28.2 Å². The Kier molecular flexibility index (Phi) is 8.43. The van der Waals surface area contributed by atoms with Crippen LogP contribution in [0, 0.1) is 5.92 Å². The molecule has 4 rings (SSSR count). The number of nitrogens with one attached hydrogen (secondary N) is 1. The molecule has 1 aliphatic heterocycles. The van der Waals surface area contributed by atoms with Gasteiger partial charge in [-0.2, -0.15) is 0 Å². The first-order chi connectivity index (χ1) is 11.8. The lowest BCUT2D eigenvalue weighted by atomic mass is 9.80. The van der Waals surface area contributed by atoms with Crippen LogP contribution in [0.15, 0.2) is 30.3 Å². The Morgan fingerprint density at radius 1 is 1.04 bits per heavy atom. The zero-order chi connectivity index (χ0) is 16.4. The number of fused-ring (bicyclic) bond motifs is 1. The highest BCUT2D eigenvalue weighted by molar-refractivity contribution is 6.30. The quantitative estimate of drug-likeness (QED) is 0.692. The van der Waals surface area contributed by atoms with Crippen molar-refractivity contribution >= 4 is 47.3 Å². The molecule has 1 saturated carbocycles. The molecule has 2 heterocycles. The van der Waals surface area contributed by atoms with Crippen LogP contribution in [0.3, 0.4) is 0 Å². The first kappa shape index (κ1) is 21.7. The molecule has 1 N–H and O–H groups in total. The Bertz CT molecular complexity index is 680. The molecule has 2 aromatic rings. The molecule has 1 aromatic heterocycles. The van der Waals surface area contributed by atoms with Gasteiger partial charge in [-0.3, -0.25) is 4.90 Å². The average molecular weight is 417 g/mol. The van der Waals surface area contributed by atoms with Crippen molar-refractivity contribution in [1.29, 1.82) is 0 Å². The van der Waals surface area contributed by atoms with Crippen molar-refractivity contribution < 1.29 is 0 Å². The molecule has 0 spiro atoms. The van der Waals surface area contributed by atoms with Crippen LogP contribution in [0.1, 0.15) is 43.7 Å². The molecule has 2 fully saturated rings. The van der Waals surface area contributed by atoms with E-state index in [0.29, 0.717) is 17.1 Å². The number of hydrogen-bond donors (Lipinski definition) is 1. The summed E-state index contributed by atoms with van der Waals surface area (Å²) in [6.45, 7) is 4.35. The molecule has 144 valence electrons. The van der Waals surface area contributed by atoms with Gasteiger partial charge in [-0.05, 0) is 30.9 Å². The zero-order valence-electron chi connectivity index (χ0n) is 15.0. The van der Waals surface area contributed by atoms with E-state index in [1.54, 1.807) is 0 Å². The second-order valence-corrected chi connectivity index (χ2v) is 7.55. The van der Waals surface area contributed by atoms with Gasteiger partial charge in [-0.1, -0.05) is 49.1 Å². The number of piperazine rings is 1. The van der Waals surface area contributed by atoms with Gasteiger partial charge in [-0.25, -0.2) is 4.98 Å². The number of nitrogens with zero attached hydrogens (tertiary/aromatic N) is 2. The van der Waals surface area contributed by atoms with Crippen molar-refractivity contribution in [1.82, 2.24) is 15.2 Å². The van der Waals surface area contributed by atoms with E-state index in [-0.39, 0.29) is 24.8 Å². The Labute approximate surface area is 173 Å². The van der Waals surface area contributed by atoms with E-state index < -0.39 is 0 Å². The van der Waals surface area contributed by atoms with Gasteiger partial charge in [0, 0.05) is 43.2 Å². The third-order valence-corrected chi connectivity index (χ3v) is 5.97. The maximum Gasteiger partial charge on any atom is 0.134 e. The fourth-order valence-electron chi connectivity index (χ4n) is 4.48. The summed E-state index contributed by atoms with van der Waals surface area (Å²) in [7, 11) is 0. The Morgan fingerprint density at radius 2 is 1.73 bits per heavy atom. The highest BCUT2D eigenvalue weighted by Crippen LogP contribution is 2.41. The third-order valence-electron chi connectivity index (χ3n) is 5.66. The molecule has 1 saturated heterocycles. The summed E-state index contributed by atoms with van der Waals surface area (Å²) >= 11 is 6.68. The third kappa shape index (κ3) is 4.63. The lowest BCUT2D eigenvalue weighted by Gasteiger charge is -2.41. The van der Waals surface area contributed by atoms with Gasteiger partial charge >= 0.3 is 0 Å². The molecule has 0 bridgehead atoms. The van der Waals surface area contributed by atoms with Crippen LogP contribution < -0.4 is 5.32 Å².